The molecule has 0 spiro atoms. The van der Waals surface area contributed by atoms with Crippen molar-refractivity contribution in [3.8, 4) is 0 Å². The van der Waals surface area contributed by atoms with Gasteiger partial charge in [-0.25, -0.2) is 0 Å². The Morgan fingerprint density at radius 1 is 0.688 bits per heavy atom. The second-order valence-corrected chi connectivity index (χ2v) is 3.40. The maximum atomic E-state index is 4.33. The van der Waals surface area contributed by atoms with E-state index in [2.05, 4.69) is 47.4 Å². The van der Waals surface area contributed by atoms with E-state index in [0.29, 0.717) is 0 Å². The Hall–Kier alpha value is -1.76. The highest BCUT2D eigenvalue weighted by Crippen LogP contribution is 2.20. The van der Waals surface area contributed by atoms with Gasteiger partial charge in [0.05, 0.1) is 22.3 Å². The first kappa shape index (κ1) is 12.3. The van der Waals surface area contributed by atoms with Crippen molar-refractivity contribution in [3.63, 3.8) is 0 Å². The lowest BCUT2D eigenvalue weighted by Gasteiger charge is -2.00. The lowest BCUT2D eigenvalue weighted by atomic mass is 10.1. The van der Waals surface area contributed by atoms with Crippen LogP contribution in [0, 0.1) is 0 Å². The normalized spacial score (nSPS) is 9.50. The Morgan fingerprint density at radius 3 is 2.06 bits per heavy atom. The summed E-state index contributed by atoms with van der Waals surface area (Å²) in [5, 5.41) is 3.72. The zero-order valence-corrected chi connectivity index (χ0v) is 7.64. The number of rotatable bonds is 0. The molecule has 0 amide bonds. The van der Waals surface area contributed by atoms with Crippen LogP contribution < -0.4 is 0 Å². The van der Waals surface area contributed by atoms with Crippen molar-refractivity contribution in [2.75, 3.05) is 0 Å². The maximum Gasteiger partial charge on any atom is 0.0814 e. The highest BCUT2D eigenvalue weighted by Gasteiger charge is 1.96. The zero-order valence-electron chi connectivity index (χ0n) is 7.64. The van der Waals surface area contributed by atoms with E-state index in [1.165, 1.54) is 16.2 Å². The average Bonchev–Trinajstić information content (AvgIpc) is 2.26. The van der Waals surface area contributed by atoms with Gasteiger partial charge in [0, 0.05) is 11.6 Å². The summed E-state index contributed by atoms with van der Waals surface area (Å²) in [6.45, 7) is 0. The molecule has 0 fully saturated rings. The summed E-state index contributed by atoms with van der Waals surface area (Å²) in [6, 6.07) is 16.7. The van der Waals surface area contributed by atoms with Crippen LogP contribution in [0.5, 0.6) is 0 Å². The Labute approximate surface area is 98.7 Å². The topological polar surface area (TPSA) is 12.9 Å². The molecule has 0 aliphatic rings. The lowest BCUT2D eigenvalue weighted by Crippen LogP contribution is -1.78. The van der Waals surface area contributed by atoms with Crippen LogP contribution in [0.4, 0.5) is 0 Å². The Balaban J connectivity index is 0.000000640. The van der Waals surface area contributed by atoms with Crippen LogP contribution in [-0.2, 0) is 0 Å². The molecule has 3 aromatic rings. The van der Waals surface area contributed by atoms with Crippen LogP contribution in [0.25, 0.3) is 21.7 Å². The van der Waals surface area contributed by atoms with Gasteiger partial charge in [0.2, 0.25) is 0 Å². The van der Waals surface area contributed by atoms with Gasteiger partial charge in [-0.05, 0) is 29.0 Å². The fourth-order valence-corrected chi connectivity index (χ4v) is 1.76. The van der Waals surface area contributed by atoms with E-state index in [0.717, 1.165) is 5.52 Å². The molecule has 0 unspecified atom stereocenters. The minimum Gasteiger partial charge on any atom is -0.256 e. The van der Waals surface area contributed by atoms with Gasteiger partial charge >= 0.3 is 0 Å². The summed E-state index contributed by atoms with van der Waals surface area (Å²) >= 11 is 0. The summed E-state index contributed by atoms with van der Waals surface area (Å²) in [7, 11) is 0. The zero-order chi connectivity index (χ0) is 9.38. The summed E-state index contributed by atoms with van der Waals surface area (Å²) < 4.78 is 0. The SMILES string of the molecule is B.B.c1ccc2cc3ncccc3cc2c1. The lowest BCUT2D eigenvalue weighted by molar-refractivity contribution is 1.42. The number of hydrogen-bond acceptors (Lipinski definition) is 1. The maximum absolute atomic E-state index is 4.33. The molecular weight excluding hydrogens is 192 g/mol. The molecule has 1 nitrogen and oxygen atoms in total. The van der Waals surface area contributed by atoms with Crippen LogP contribution in [0.3, 0.4) is 0 Å². The predicted molar refractivity (Wildman–Crippen MR) is 79.1 cm³/mol. The van der Waals surface area contributed by atoms with Gasteiger partial charge < -0.3 is 0 Å². The Kier molecular flexibility index (Phi) is 3.73. The summed E-state index contributed by atoms with van der Waals surface area (Å²) in [5.74, 6) is 0. The molecule has 1 heterocycles. The van der Waals surface area contributed by atoms with E-state index in [-0.39, 0.29) is 16.8 Å². The number of hydrogen-bond donors (Lipinski definition) is 0. The molecule has 3 heteroatoms. The third kappa shape index (κ3) is 1.94. The molecule has 16 heavy (non-hydrogen) atoms. The minimum absolute atomic E-state index is 0. The van der Waals surface area contributed by atoms with Gasteiger partial charge in [0.1, 0.15) is 0 Å². The highest BCUT2D eigenvalue weighted by atomic mass is 14.6. The van der Waals surface area contributed by atoms with Crippen molar-refractivity contribution < 1.29 is 0 Å². The van der Waals surface area contributed by atoms with Gasteiger partial charge in [-0.15, -0.1) is 0 Å². The van der Waals surface area contributed by atoms with Gasteiger partial charge in [-0.1, -0.05) is 30.3 Å². The molecule has 0 aliphatic heterocycles. The Bertz CT molecular complexity index is 503. The second-order valence-electron chi connectivity index (χ2n) is 3.40. The molecule has 2 aromatic carbocycles. The molecule has 0 aliphatic carbocycles. The van der Waals surface area contributed by atoms with Crippen LogP contribution in [0.1, 0.15) is 0 Å². The molecule has 0 bridgehead atoms. The first-order valence-corrected chi connectivity index (χ1v) is 4.67. The van der Waals surface area contributed by atoms with Gasteiger partial charge in [-0.2, -0.15) is 0 Å². The van der Waals surface area contributed by atoms with E-state index in [4.69, 9.17) is 0 Å². The second kappa shape index (κ2) is 4.84. The van der Waals surface area contributed by atoms with Gasteiger partial charge in [-0.3, -0.25) is 4.98 Å². The number of pyridine rings is 1. The molecular formula is C13H15B2N. The van der Waals surface area contributed by atoms with E-state index in [1.807, 2.05) is 12.3 Å². The first-order valence-electron chi connectivity index (χ1n) is 4.67. The average molecular weight is 207 g/mol. The number of nitrogens with zero attached hydrogens (tertiary/aromatic N) is 1. The van der Waals surface area contributed by atoms with E-state index >= 15 is 0 Å². The first-order chi connectivity index (χ1) is 6.93. The van der Waals surface area contributed by atoms with Crippen LogP contribution in [-0.4, -0.2) is 21.8 Å². The highest BCUT2D eigenvalue weighted by molar-refractivity contribution is 5.96. The minimum atomic E-state index is 0. The predicted octanol–water partition coefficient (Wildman–Crippen LogP) is 1.02. The van der Waals surface area contributed by atoms with Crippen molar-refractivity contribution in [3.05, 3.63) is 54.7 Å². The summed E-state index contributed by atoms with van der Waals surface area (Å²) in [5.41, 5.74) is 1.06. The van der Waals surface area contributed by atoms with E-state index in [9.17, 15) is 0 Å². The van der Waals surface area contributed by atoms with E-state index in [1.54, 1.807) is 0 Å². The molecule has 0 atom stereocenters. The molecule has 0 N–H and O–H groups in total. The number of aromatic nitrogens is 1. The van der Waals surface area contributed by atoms with Gasteiger partial charge in [0.15, 0.2) is 0 Å². The van der Waals surface area contributed by atoms with Crippen LogP contribution in [0.2, 0.25) is 0 Å². The Morgan fingerprint density at radius 2 is 1.31 bits per heavy atom. The molecule has 3 rings (SSSR count). The van der Waals surface area contributed by atoms with Crippen molar-refractivity contribution in [1.29, 1.82) is 0 Å². The van der Waals surface area contributed by atoms with Crippen molar-refractivity contribution in [2.24, 2.45) is 0 Å². The third-order valence-electron chi connectivity index (χ3n) is 2.47. The third-order valence-corrected chi connectivity index (χ3v) is 2.47. The standard InChI is InChI=1S/C13H9N.2BH3/c1-2-5-11-9-13-12(6-3-7-14-13)8-10(11)4-1;;/h1-9H;2*1H3. The van der Waals surface area contributed by atoms with E-state index < -0.39 is 0 Å². The monoisotopic (exact) mass is 207 g/mol. The molecule has 78 valence electrons. The summed E-state index contributed by atoms with van der Waals surface area (Å²) in [6.07, 6.45) is 1.83. The molecule has 0 saturated heterocycles. The smallest absolute Gasteiger partial charge is 0.0814 e. The van der Waals surface area contributed by atoms with Crippen molar-refractivity contribution in [2.45, 2.75) is 0 Å². The quantitative estimate of drug-likeness (QED) is 0.396. The fraction of sp³-hybridized carbons (Fsp3) is 0. The molecule has 0 saturated carbocycles. The van der Waals surface area contributed by atoms with Crippen molar-refractivity contribution >= 4 is 38.5 Å². The van der Waals surface area contributed by atoms with Crippen LogP contribution >= 0.6 is 0 Å². The number of benzene rings is 2. The number of fused-ring (bicyclic) bond motifs is 2. The summed E-state index contributed by atoms with van der Waals surface area (Å²) in [4.78, 5) is 4.33. The van der Waals surface area contributed by atoms with Gasteiger partial charge in [0.25, 0.3) is 0 Å². The van der Waals surface area contributed by atoms with Crippen molar-refractivity contribution in [1.82, 2.24) is 4.98 Å². The molecule has 1 aromatic heterocycles. The fourth-order valence-electron chi connectivity index (χ4n) is 1.76. The van der Waals surface area contributed by atoms with Crippen LogP contribution in [0.15, 0.2) is 54.7 Å². The largest absolute Gasteiger partial charge is 0.256 e. The molecule has 0 radical (unpaired) electrons.